The van der Waals surface area contributed by atoms with Crippen molar-refractivity contribution in [1.29, 1.82) is 5.26 Å². The number of esters is 1. The van der Waals surface area contributed by atoms with Gasteiger partial charge in [-0.15, -0.1) is 0 Å². The zero-order valence-electron chi connectivity index (χ0n) is 8.51. The van der Waals surface area contributed by atoms with Crippen molar-refractivity contribution in [2.45, 2.75) is 18.8 Å². The molecule has 0 aliphatic rings. The van der Waals surface area contributed by atoms with Crippen molar-refractivity contribution in [3.8, 4) is 6.07 Å². The van der Waals surface area contributed by atoms with E-state index in [9.17, 15) is 4.79 Å². The van der Waals surface area contributed by atoms with Crippen LogP contribution in [0.5, 0.6) is 0 Å². The molecule has 0 saturated carbocycles. The monoisotopic (exact) mass is 204 g/mol. The van der Waals surface area contributed by atoms with Crippen molar-refractivity contribution in [2.24, 2.45) is 0 Å². The molecule has 0 amide bonds. The first-order valence-corrected chi connectivity index (χ1v) is 4.65. The fraction of sp³-hybridized carbons (Fsp3) is 0.364. The number of rotatable bonds is 4. The van der Waals surface area contributed by atoms with E-state index in [1.807, 2.05) is 12.1 Å². The summed E-state index contributed by atoms with van der Waals surface area (Å²) in [5.74, 6) is -0.778. The molecule has 1 rings (SSSR count). The van der Waals surface area contributed by atoms with E-state index < -0.39 is 5.92 Å². The van der Waals surface area contributed by atoms with E-state index in [2.05, 4.69) is 9.72 Å². The summed E-state index contributed by atoms with van der Waals surface area (Å²) < 4.78 is 4.68. The average Bonchev–Trinajstić information content (AvgIpc) is 2.30. The summed E-state index contributed by atoms with van der Waals surface area (Å²) in [6.07, 6.45) is 2.38. The van der Waals surface area contributed by atoms with Crippen LogP contribution in [-0.2, 0) is 9.53 Å². The molecule has 1 unspecified atom stereocenters. The summed E-state index contributed by atoms with van der Waals surface area (Å²) in [6.45, 7) is 0. The maximum Gasteiger partial charge on any atom is 0.314 e. The number of nitriles is 1. The Morgan fingerprint density at radius 1 is 1.67 bits per heavy atom. The minimum atomic E-state index is -0.434. The molecular formula is C11H12N2O2. The zero-order valence-corrected chi connectivity index (χ0v) is 8.51. The van der Waals surface area contributed by atoms with Crippen molar-refractivity contribution >= 4 is 5.97 Å². The largest absolute Gasteiger partial charge is 0.469 e. The van der Waals surface area contributed by atoms with Gasteiger partial charge in [0, 0.05) is 12.6 Å². The zero-order chi connectivity index (χ0) is 11.1. The first kappa shape index (κ1) is 11.2. The SMILES string of the molecule is COC(=O)C(CCC#N)c1ccccn1. The average molecular weight is 204 g/mol. The Labute approximate surface area is 88.5 Å². The molecule has 78 valence electrons. The minimum Gasteiger partial charge on any atom is -0.469 e. The summed E-state index contributed by atoms with van der Waals surface area (Å²) in [5, 5.41) is 8.49. The van der Waals surface area contributed by atoms with E-state index in [0.717, 1.165) is 0 Å². The Bertz CT molecular complexity index is 357. The smallest absolute Gasteiger partial charge is 0.314 e. The standard InChI is InChI=1S/C11H12N2O2/c1-15-11(14)9(5-4-7-12)10-6-2-3-8-13-10/h2-3,6,8-9H,4-5H2,1H3. The molecule has 0 radical (unpaired) electrons. The number of pyridine rings is 1. The molecule has 0 bridgehead atoms. The van der Waals surface area contributed by atoms with Gasteiger partial charge in [-0.2, -0.15) is 5.26 Å². The van der Waals surface area contributed by atoms with Gasteiger partial charge in [0.25, 0.3) is 0 Å². The molecule has 4 heteroatoms. The Hall–Kier alpha value is -1.89. The molecule has 1 aromatic heterocycles. The number of nitrogens with zero attached hydrogens (tertiary/aromatic N) is 2. The molecule has 0 aliphatic carbocycles. The van der Waals surface area contributed by atoms with E-state index in [0.29, 0.717) is 18.5 Å². The number of hydrogen-bond donors (Lipinski definition) is 0. The third-order valence-electron chi connectivity index (χ3n) is 2.08. The molecule has 0 aromatic carbocycles. The highest BCUT2D eigenvalue weighted by atomic mass is 16.5. The van der Waals surface area contributed by atoms with Gasteiger partial charge < -0.3 is 4.74 Å². The Kier molecular flexibility index (Phi) is 4.30. The molecular weight excluding hydrogens is 192 g/mol. The van der Waals surface area contributed by atoms with Gasteiger partial charge in [0.1, 0.15) is 0 Å². The van der Waals surface area contributed by atoms with Crippen LogP contribution in [0.25, 0.3) is 0 Å². The number of carbonyl (C=O) groups is 1. The van der Waals surface area contributed by atoms with Gasteiger partial charge in [-0.25, -0.2) is 0 Å². The lowest BCUT2D eigenvalue weighted by molar-refractivity contribution is -0.142. The van der Waals surface area contributed by atoms with E-state index in [1.54, 1.807) is 18.3 Å². The van der Waals surface area contributed by atoms with Crippen molar-refractivity contribution in [2.75, 3.05) is 7.11 Å². The van der Waals surface area contributed by atoms with Gasteiger partial charge in [0.05, 0.1) is 24.8 Å². The first-order valence-electron chi connectivity index (χ1n) is 4.65. The lowest BCUT2D eigenvalue weighted by atomic mass is 9.99. The van der Waals surface area contributed by atoms with E-state index in [4.69, 9.17) is 5.26 Å². The summed E-state index contributed by atoms with van der Waals surface area (Å²) >= 11 is 0. The molecule has 4 nitrogen and oxygen atoms in total. The summed E-state index contributed by atoms with van der Waals surface area (Å²) in [4.78, 5) is 15.5. The van der Waals surface area contributed by atoms with E-state index >= 15 is 0 Å². The van der Waals surface area contributed by atoms with Gasteiger partial charge in [-0.3, -0.25) is 9.78 Å². The molecule has 0 aliphatic heterocycles. The maximum atomic E-state index is 11.4. The number of ether oxygens (including phenoxy) is 1. The number of methoxy groups -OCH3 is 1. The fourth-order valence-electron chi connectivity index (χ4n) is 1.32. The predicted molar refractivity (Wildman–Crippen MR) is 53.8 cm³/mol. The van der Waals surface area contributed by atoms with Crippen LogP contribution in [0.15, 0.2) is 24.4 Å². The Morgan fingerprint density at radius 2 is 2.47 bits per heavy atom. The van der Waals surface area contributed by atoms with Gasteiger partial charge in [0.2, 0.25) is 0 Å². The number of carbonyl (C=O) groups excluding carboxylic acids is 1. The topological polar surface area (TPSA) is 63.0 Å². The van der Waals surface area contributed by atoms with Crippen LogP contribution in [0.4, 0.5) is 0 Å². The van der Waals surface area contributed by atoms with Gasteiger partial charge in [-0.1, -0.05) is 6.07 Å². The Morgan fingerprint density at radius 3 is 3.00 bits per heavy atom. The van der Waals surface area contributed by atoms with Crippen molar-refractivity contribution in [3.63, 3.8) is 0 Å². The lowest BCUT2D eigenvalue weighted by Gasteiger charge is -2.11. The molecule has 15 heavy (non-hydrogen) atoms. The molecule has 1 aromatic rings. The minimum absolute atomic E-state index is 0.316. The van der Waals surface area contributed by atoms with Gasteiger partial charge >= 0.3 is 5.97 Å². The summed E-state index contributed by atoms with van der Waals surface area (Å²) in [5.41, 5.74) is 0.652. The highest BCUT2D eigenvalue weighted by Gasteiger charge is 2.21. The van der Waals surface area contributed by atoms with Crippen LogP contribution < -0.4 is 0 Å². The van der Waals surface area contributed by atoms with Crippen LogP contribution >= 0.6 is 0 Å². The van der Waals surface area contributed by atoms with Gasteiger partial charge in [0.15, 0.2) is 0 Å². The van der Waals surface area contributed by atoms with Crippen LogP contribution in [0.2, 0.25) is 0 Å². The van der Waals surface area contributed by atoms with Crippen molar-refractivity contribution < 1.29 is 9.53 Å². The van der Waals surface area contributed by atoms with Gasteiger partial charge in [-0.05, 0) is 18.6 Å². The number of hydrogen-bond acceptors (Lipinski definition) is 4. The third-order valence-corrected chi connectivity index (χ3v) is 2.08. The predicted octanol–water partition coefficient (Wildman–Crippen LogP) is 1.64. The van der Waals surface area contributed by atoms with Crippen LogP contribution in [0, 0.1) is 11.3 Å². The highest BCUT2D eigenvalue weighted by Crippen LogP contribution is 2.20. The second kappa shape index (κ2) is 5.76. The summed E-state index contributed by atoms with van der Waals surface area (Å²) in [7, 11) is 1.34. The van der Waals surface area contributed by atoms with E-state index in [1.165, 1.54) is 7.11 Å². The maximum absolute atomic E-state index is 11.4. The quantitative estimate of drug-likeness (QED) is 0.699. The fourth-order valence-corrected chi connectivity index (χ4v) is 1.32. The molecule has 0 fully saturated rings. The molecule has 1 atom stereocenters. The molecule has 1 heterocycles. The first-order chi connectivity index (χ1) is 7.29. The van der Waals surface area contributed by atoms with E-state index in [-0.39, 0.29) is 5.97 Å². The third kappa shape index (κ3) is 3.06. The second-order valence-corrected chi connectivity index (χ2v) is 3.03. The van der Waals surface area contributed by atoms with Crippen LogP contribution in [0.3, 0.4) is 0 Å². The normalized spacial score (nSPS) is 11.5. The van der Waals surface area contributed by atoms with Crippen molar-refractivity contribution in [1.82, 2.24) is 4.98 Å². The van der Waals surface area contributed by atoms with Crippen LogP contribution in [0.1, 0.15) is 24.5 Å². The van der Waals surface area contributed by atoms with Crippen molar-refractivity contribution in [3.05, 3.63) is 30.1 Å². The number of aromatic nitrogens is 1. The molecule has 0 spiro atoms. The molecule has 0 N–H and O–H groups in total. The Balaban J connectivity index is 2.82. The second-order valence-electron chi connectivity index (χ2n) is 3.03. The lowest BCUT2D eigenvalue weighted by Crippen LogP contribution is -2.15. The van der Waals surface area contributed by atoms with Crippen LogP contribution in [-0.4, -0.2) is 18.1 Å². The highest BCUT2D eigenvalue weighted by molar-refractivity contribution is 5.77. The summed E-state index contributed by atoms with van der Waals surface area (Å²) in [6, 6.07) is 7.36. The molecule has 0 saturated heterocycles.